The van der Waals surface area contributed by atoms with Crippen LogP contribution in [0.4, 0.5) is 0 Å². The molecule has 1 aliphatic rings. The van der Waals surface area contributed by atoms with Gasteiger partial charge in [-0.2, -0.15) is 5.10 Å². The van der Waals surface area contributed by atoms with Gasteiger partial charge in [0, 0.05) is 52.4 Å². The number of rotatable bonds is 5. The second-order valence-electron chi connectivity index (χ2n) is 5.59. The number of hydrogen-bond donors (Lipinski definition) is 2. The number of amides is 1. The minimum Gasteiger partial charge on any atom is -0.356 e. The third-order valence-electron chi connectivity index (χ3n) is 3.87. The normalized spacial score (nSPS) is 17.8. The lowest BCUT2D eigenvalue weighted by molar-refractivity contribution is -0.129. The highest BCUT2D eigenvalue weighted by molar-refractivity contribution is 14.0. The molecule has 1 saturated heterocycles. The van der Waals surface area contributed by atoms with Crippen LogP contribution in [0, 0.1) is 0 Å². The summed E-state index contributed by atoms with van der Waals surface area (Å²) in [5.74, 6) is 1.02. The molecular formula is C15H27IN6O. The Morgan fingerprint density at radius 2 is 2.30 bits per heavy atom. The molecule has 7 nitrogen and oxygen atoms in total. The minimum absolute atomic E-state index is 0. The number of nitrogens with zero attached hydrogens (tertiary/aromatic N) is 4. The van der Waals surface area contributed by atoms with Gasteiger partial charge in [-0.15, -0.1) is 24.0 Å². The summed E-state index contributed by atoms with van der Waals surface area (Å²) in [6, 6.07) is 0.278. The highest BCUT2D eigenvalue weighted by Crippen LogP contribution is 2.10. The first-order valence-corrected chi connectivity index (χ1v) is 7.84. The molecule has 8 heteroatoms. The lowest BCUT2D eigenvalue weighted by atomic mass is 10.2. The Bertz CT molecular complexity index is 530. The molecule has 1 atom stereocenters. The van der Waals surface area contributed by atoms with Crippen LogP contribution >= 0.6 is 24.0 Å². The molecule has 1 aromatic heterocycles. The van der Waals surface area contributed by atoms with E-state index in [4.69, 9.17) is 0 Å². The fourth-order valence-electron chi connectivity index (χ4n) is 2.64. The molecule has 0 radical (unpaired) electrons. The van der Waals surface area contributed by atoms with Crippen molar-refractivity contribution in [1.82, 2.24) is 25.3 Å². The Morgan fingerprint density at radius 1 is 1.52 bits per heavy atom. The van der Waals surface area contributed by atoms with Gasteiger partial charge < -0.3 is 15.5 Å². The first-order chi connectivity index (χ1) is 10.6. The number of likely N-dealkylation sites (tertiary alicyclic amines) is 1. The van der Waals surface area contributed by atoms with Crippen LogP contribution in [-0.4, -0.2) is 59.3 Å². The number of carbonyl (C=O) groups excluding carboxylic acids is 1. The van der Waals surface area contributed by atoms with Crippen molar-refractivity contribution in [3.63, 3.8) is 0 Å². The van der Waals surface area contributed by atoms with E-state index in [0.29, 0.717) is 6.42 Å². The lowest BCUT2D eigenvalue weighted by Gasteiger charge is -2.18. The third-order valence-corrected chi connectivity index (χ3v) is 3.87. The van der Waals surface area contributed by atoms with Crippen LogP contribution in [0.25, 0.3) is 0 Å². The van der Waals surface area contributed by atoms with Gasteiger partial charge in [0.15, 0.2) is 5.96 Å². The molecule has 2 rings (SSSR count). The van der Waals surface area contributed by atoms with Crippen LogP contribution in [0.1, 0.15) is 25.3 Å². The highest BCUT2D eigenvalue weighted by atomic mass is 127. The Labute approximate surface area is 154 Å². The summed E-state index contributed by atoms with van der Waals surface area (Å²) in [6.45, 7) is 4.30. The standard InChI is InChI=1S/C15H26N6O.HI/c1-4-14(22)21-8-6-13(11-21)19-15(16-2)17-7-5-12-9-18-20(3)10-12;/h9-10,13H,4-8,11H2,1-3H3,(H2,16,17,19);1H. The molecule has 1 aromatic rings. The zero-order valence-corrected chi connectivity index (χ0v) is 16.4. The predicted octanol–water partition coefficient (Wildman–Crippen LogP) is 0.756. The van der Waals surface area contributed by atoms with E-state index in [0.717, 1.165) is 38.4 Å². The maximum Gasteiger partial charge on any atom is 0.222 e. The zero-order valence-electron chi connectivity index (χ0n) is 14.1. The summed E-state index contributed by atoms with van der Waals surface area (Å²) < 4.78 is 1.81. The number of aromatic nitrogens is 2. The molecule has 0 aliphatic carbocycles. The molecule has 1 amide bonds. The van der Waals surface area contributed by atoms with Crippen molar-refractivity contribution in [3.8, 4) is 0 Å². The number of halogens is 1. The van der Waals surface area contributed by atoms with E-state index in [2.05, 4.69) is 20.7 Å². The Hall–Kier alpha value is -1.32. The van der Waals surface area contributed by atoms with E-state index in [1.165, 1.54) is 5.56 Å². The van der Waals surface area contributed by atoms with Gasteiger partial charge in [-0.25, -0.2) is 0 Å². The summed E-state index contributed by atoms with van der Waals surface area (Å²) in [7, 11) is 3.68. The first kappa shape index (κ1) is 19.7. The SMILES string of the molecule is CCC(=O)N1CCC(NC(=NC)NCCc2cnn(C)c2)C1.I. The van der Waals surface area contributed by atoms with E-state index in [1.54, 1.807) is 11.7 Å². The van der Waals surface area contributed by atoms with Crippen LogP contribution in [0.5, 0.6) is 0 Å². The minimum atomic E-state index is 0. The van der Waals surface area contributed by atoms with Crippen molar-refractivity contribution in [2.24, 2.45) is 12.0 Å². The lowest BCUT2D eigenvalue weighted by Crippen LogP contribution is -2.45. The summed E-state index contributed by atoms with van der Waals surface area (Å²) in [6.07, 6.45) is 6.34. The fraction of sp³-hybridized carbons (Fsp3) is 0.667. The molecule has 0 bridgehead atoms. The van der Waals surface area contributed by atoms with E-state index < -0.39 is 0 Å². The molecule has 2 N–H and O–H groups in total. The number of nitrogens with one attached hydrogen (secondary N) is 2. The Morgan fingerprint density at radius 3 is 2.91 bits per heavy atom. The van der Waals surface area contributed by atoms with Gasteiger partial charge in [-0.1, -0.05) is 6.92 Å². The predicted molar refractivity (Wildman–Crippen MR) is 102 cm³/mol. The van der Waals surface area contributed by atoms with Gasteiger partial charge in [-0.05, 0) is 18.4 Å². The van der Waals surface area contributed by atoms with Crippen LogP contribution in [0.15, 0.2) is 17.4 Å². The maximum absolute atomic E-state index is 11.7. The molecule has 0 aromatic carbocycles. The largest absolute Gasteiger partial charge is 0.356 e. The first-order valence-electron chi connectivity index (χ1n) is 7.84. The van der Waals surface area contributed by atoms with Gasteiger partial charge in [0.25, 0.3) is 0 Å². The van der Waals surface area contributed by atoms with Crippen molar-refractivity contribution < 1.29 is 4.79 Å². The van der Waals surface area contributed by atoms with Crippen molar-refractivity contribution in [2.75, 3.05) is 26.7 Å². The fourth-order valence-corrected chi connectivity index (χ4v) is 2.64. The van der Waals surface area contributed by atoms with Gasteiger partial charge >= 0.3 is 0 Å². The Kier molecular flexibility index (Phi) is 8.35. The van der Waals surface area contributed by atoms with Gasteiger partial charge in [0.2, 0.25) is 5.91 Å². The zero-order chi connectivity index (χ0) is 15.9. The second-order valence-corrected chi connectivity index (χ2v) is 5.59. The number of carbonyl (C=O) groups is 1. The quantitative estimate of drug-likeness (QED) is 0.408. The molecular weight excluding hydrogens is 407 g/mol. The topological polar surface area (TPSA) is 74.6 Å². The van der Waals surface area contributed by atoms with Gasteiger partial charge in [0.05, 0.1) is 6.20 Å². The van der Waals surface area contributed by atoms with Crippen LogP contribution < -0.4 is 10.6 Å². The number of hydrogen-bond acceptors (Lipinski definition) is 3. The van der Waals surface area contributed by atoms with Crippen LogP contribution in [0.2, 0.25) is 0 Å². The summed E-state index contributed by atoms with van der Waals surface area (Å²) in [5, 5.41) is 10.9. The molecule has 1 unspecified atom stereocenters. The highest BCUT2D eigenvalue weighted by Gasteiger charge is 2.25. The average molecular weight is 434 g/mol. The van der Waals surface area contributed by atoms with Crippen molar-refractivity contribution >= 4 is 35.8 Å². The van der Waals surface area contributed by atoms with E-state index >= 15 is 0 Å². The van der Waals surface area contributed by atoms with Crippen molar-refractivity contribution in [1.29, 1.82) is 0 Å². The van der Waals surface area contributed by atoms with Crippen molar-refractivity contribution in [3.05, 3.63) is 18.0 Å². The molecule has 1 fully saturated rings. The number of guanidine groups is 1. The molecule has 0 spiro atoms. The molecule has 23 heavy (non-hydrogen) atoms. The van der Waals surface area contributed by atoms with E-state index in [9.17, 15) is 4.79 Å². The number of aryl methyl sites for hydroxylation is 1. The molecule has 0 saturated carbocycles. The average Bonchev–Trinajstić information content (AvgIpc) is 3.14. The third kappa shape index (κ3) is 6.00. The summed E-state index contributed by atoms with van der Waals surface area (Å²) in [5.41, 5.74) is 1.20. The molecule has 2 heterocycles. The molecule has 1 aliphatic heterocycles. The Balaban J connectivity index is 0.00000264. The second kappa shape index (κ2) is 9.74. The maximum atomic E-state index is 11.7. The van der Waals surface area contributed by atoms with Crippen LogP contribution in [0.3, 0.4) is 0 Å². The van der Waals surface area contributed by atoms with Gasteiger partial charge in [0.1, 0.15) is 0 Å². The van der Waals surface area contributed by atoms with E-state index in [1.807, 2.05) is 31.3 Å². The van der Waals surface area contributed by atoms with Crippen LogP contribution in [-0.2, 0) is 18.3 Å². The van der Waals surface area contributed by atoms with Crippen molar-refractivity contribution in [2.45, 2.75) is 32.2 Å². The van der Waals surface area contributed by atoms with E-state index in [-0.39, 0.29) is 35.9 Å². The summed E-state index contributed by atoms with van der Waals surface area (Å²) in [4.78, 5) is 17.9. The smallest absolute Gasteiger partial charge is 0.222 e. The monoisotopic (exact) mass is 434 g/mol. The number of aliphatic imine (C=N–C) groups is 1. The molecule has 130 valence electrons. The van der Waals surface area contributed by atoms with Gasteiger partial charge in [-0.3, -0.25) is 14.5 Å². The summed E-state index contributed by atoms with van der Waals surface area (Å²) >= 11 is 0.